The van der Waals surface area contributed by atoms with Crippen LogP contribution in [0.5, 0.6) is 0 Å². The largest absolute Gasteiger partial charge is 0.348 e. The highest BCUT2D eigenvalue weighted by molar-refractivity contribution is 7.14. The number of amides is 1. The predicted octanol–water partition coefficient (Wildman–Crippen LogP) is 3.07. The number of carbonyl (C=O) groups is 1. The number of thiazole rings is 1. The fourth-order valence-corrected chi connectivity index (χ4v) is 3.94. The molecule has 3 aromatic rings. The van der Waals surface area contributed by atoms with Gasteiger partial charge in [-0.15, -0.1) is 11.3 Å². The van der Waals surface area contributed by atoms with Crippen LogP contribution in [0.25, 0.3) is 0 Å². The van der Waals surface area contributed by atoms with E-state index in [1.54, 1.807) is 17.6 Å². The van der Waals surface area contributed by atoms with Crippen LogP contribution >= 0.6 is 11.3 Å². The molecule has 8 heteroatoms. The molecule has 1 aliphatic heterocycles. The zero-order valence-corrected chi connectivity index (χ0v) is 16.2. The third-order valence-electron chi connectivity index (χ3n) is 4.73. The van der Waals surface area contributed by atoms with Crippen LogP contribution in [0, 0.1) is 0 Å². The van der Waals surface area contributed by atoms with Crippen molar-refractivity contribution in [2.24, 2.45) is 0 Å². The van der Waals surface area contributed by atoms with E-state index in [2.05, 4.69) is 54.8 Å². The summed E-state index contributed by atoms with van der Waals surface area (Å²) in [6.45, 7) is 2.93. The normalized spacial score (nSPS) is 15.3. The van der Waals surface area contributed by atoms with Crippen molar-refractivity contribution in [1.82, 2.24) is 25.2 Å². The molecule has 2 aromatic heterocycles. The molecular formula is C20H22N6OS. The molecule has 1 saturated heterocycles. The second-order valence-electron chi connectivity index (χ2n) is 6.77. The summed E-state index contributed by atoms with van der Waals surface area (Å²) in [6.07, 6.45) is 5.03. The number of nitrogens with zero attached hydrogens (tertiary/aromatic N) is 4. The van der Waals surface area contributed by atoms with Crippen molar-refractivity contribution in [1.29, 1.82) is 0 Å². The molecule has 28 heavy (non-hydrogen) atoms. The average molecular weight is 395 g/mol. The van der Waals surface area contributed by atoms with Gasteiger partial charge >= 0.3 is 0 Å². The summed E-state index contributed by atoms with van der Waals surface area (Å²) in [5.74, 6) is 0.538. The Bertz CT molecular complexity index is 893. The van der Waals surface area contributed by atoms with Crippen molar-refractivity contribution in [2.45, 2.75) is 25.4 Å². The fourth-order valence-electron chi connectivity index (χ4n) is 3.25. The number of rotatable bonds is 6. The summed E-state index contributed by atoms with van der Waals surface area (Å²) >= 11 is 1.38. The van der Waals surface area contributed by atoms with Crippen molar-refractivity contribution >= 4 is 28.2 Å². The van der Waals surface area contributed by atoms with E-state index < -0.39 is 0 Å². The highest BCUT2D eigenvalue weighted by atomic mass is 32.1. The van der Waals surface area contributed by atoms with E-state index >= 15 is 0 Å². The lowest BCUT2D eigenvalue weighted by Crippen LogP contribution is -2.44. The minimum absolute atomic E-state index is 0.117. The third-order valence-corrected chi connectivity index (χ3v) is 5.48. The Morgan fingerprint density at radius 2 is 2.00 bits per heavy atom. The maximum absolute atomic E-state index is 12.5. The van der Waals surface area contributed by atoms with Crippen LogP contribution in [0.4, 0.5) is 10.9 Å². The second-order valence-corrected chi connectivity index (χ2v) is 7.63. The van der Waals surface area contributed by atoms with E-state index in [-0.39, 0.29) is 11.9 Å². The van der Waals surface area contributed by atoms with Gasteiger partial charge in [-0.05, 0) is 24.5 Å². The quantitative estimate of drug-likeness (QED) is 0.669. The van der Waals surface area contributed by atoms with Crippen molar-refractivity contribution in [3.8, 4) is 0 Å². The van der Waals surface area contributed by atoms with E-state index in [0.29, 0.717) is 16.6 Å². The Morgan fingerprint density at radius 3 is 2.75 bits per heavy atom. The van der Waals surface area contributed by atoms with Crippen molar-refractivity contribution in [3.63, 3.8) is 0 Å². The molecule has 0 unspecified atom stereocenters. The number of likely N-dealkylation sites (tertiary alicyclic amines) is 1. The van der Waals surface area contributed by atoms with E-state index in [4.69, 9.17) is 0 Å². The minimum atomic E-state index is -0.117. The highest BCUT2D eigenvalue weighted by Gasteiger charge is 2.22. The molecule has 0 saturated carbocycles. The number of hydrogen-bond acceptors (Lipinski definition) is 7. The Kier molecular flexibility index (Phi) is 5.89. The van der Waals surface area contributed by atoms with Gasteiger partial charge in [-0.25, -0.2) is 15.0 Å². The Morgan fingerprint density at radius 1 is 1.18 bits per heavy atom. The highest BCUT2D eigenvalue weighted by Crippen LogP contribution is 2.20. The standard InChI is InChI=1S/C20H22N6OS/c27-19(17-13-28-20(24-17)25-18-6-9-21-14-22-18)23-16-7-10-26(11-8-16)12-15-4-2-1-3-5-15/h1-6,9,13-14,16H,7-8,10-12H2,(H,23,27)(H,21,22,24,25). The summed E-state index contributed by atoms with van der Waals surface area (Å²) in [5.41, 5.74) is 1.77. The van der Waals surface area contributed by atoms with Crippen LogP contribution in [0.3, 0.4) is 0 Å². The van der Waals surface area contributed by atoms with Crippen LogP contribution in [-0.2, 0) is 6.54 Å². The van der Waals surface area contributed by atoms with Crippen molar-refractivity contribution in [2.75, 3.05) is 18.4 Å². The monoisotopic (exact) mass is 394 g/mol. The number of nitrogens with one attached hydrogen (secondary N) is 2. The van der Waals surface area contributed by atoms with Gasteiger partial charge in [0, 0.05) is 37.3 Å². The summed E-state index contributed by atoms with van der Waals surface area (Å²) < 4.78 is 0. The molecule has 1 amide bonds. The molecule has 0 aliphatic carbocycles. The van der Waals surface area contributed by atoms with Gasteiger partial charge in [0.1, 0.15) is 17.8 Å². The van der Waals surface area contributed by atoms with Gasteiger partial charge in [-0.1, -0.05) is 30.3 Å². The van der Waals surface area contributed by atoms with Crippen LogP contribution in [0.2, 0.25) is 0 Å². The van der Waals surface area contributed by atoms with Crippen molar-refractivity contribution in [3.05, 3.63) is 65.6 Å². The molecule has 7 nitrogen and oxygen atoms in total. The first kappa shape index (κ1) is 18.5. The fraction of sp³-hybridized carbons (Fsp3) is 0.300. The van der Waals surface area contributed by atoms with Crippen LogP contribution in [-0.4, -0.2) is 44.9 Å². The van der Waals surface area contributed by atoms with Gasteiger partial charge in [0.25, 0.3) is 5.91 Å². The SMILES string of the molecule is O=C(NC1CCN(Cc2ccccc2)CC1)c1csc(Nc2ccncn2)n1. The molecule has 0 radical (unpaired) electrons. The Hall–Kier alpha value is -2.84. The zero-order chi connectivity index (χ0) is 19.2. The third kappa shape index (κ3) is 4.90. The number of anilines is 2. The number of piperidine rings is 1. The number of carbonyl (C=O) groups excluding carboxylic acids is 1. The van der Waals surface area contributed by atoms with E-state index in [0.717, 1.165) is 32.5 Å². The maximum atomic E-state index is 12.5. The lowest BCUT2D eigenvalue weighted by molar-refractivity contribution is 0.0904. The topological polar surface area (TPSA) is 83.0 Å². The lowest BCUT2D eigenvalue weighted by Gasteiger charge is -2.32. The van der Waals surface area contributed by atoms with Crippen LogP contribution in [0.15, 0.2) is 54.3 Å². The first-order valence-electron chi connectivity index (χ1n) is 9.32. The summed E-state index contributed by atoms with van der Waals surface area (Å²) in [6, 6.07) is 12.4. The molecule has 0 spiro atoms. The first-order valence-corrected chi connectivity index (χ1v) is 10.2. The van der Waals surface area contributed by atoms with Crippen molar-refractivity contribution < 1.29 is 4.79 Å². The van der Waals surface area contributed by atoms with Gasteiger partial charge in [0.05, 0.1) is 0 Å². The summed E-state index contributed by atoms with van der Waals surface area (Å²) in [7, 11) is 0. The van der Waals surface area contributed by atoms with Crippen LogP contribution < -0.4 is 10.6 Å². The average Bonchev–Trinajstić information content (AvgIpc) is 3.20. The number of aromatic nitrogens is 3. The molecule has 1 aromatic carbocycles. The predicted molar refractivity (Wildman–Crippen MR) is 110 cm³/mol. The summed E-state index contributed by atoms with van der Waals surface area (Å²) in [4.78, 5) is 27.3. The van der Waals surface area contributed by atoms with Gasteiger partial charge in [0.2, 0.25) is 0 Å². The molecule has 4 rings (SSSR count). The minimum Gasteiger partial charge on any atom is -0.348 e. The maximum Gasteiger partial charge on any atom is 0.271 e. The molecule has 0 atom stereocenters. The second kappa shape index (κ2) is 8.90. The van der Waals surface area contributed by atoms with Gasteiger partial charge < -0.3 is 10.6 Å². The van der Waals surface area contributed by atoms with E-state index in [1.807, 2.05) is 6.07 Å². The number of benzene rings is 1. The lowest BCUT2D eigenvalue weighted by atomic mass is 10.0. The smallest absolute Gasteiger partial charge is 0.271 e. The molecule has 3 heterocycles. The molecule has 144 valence electrons. The van der Waals surface area contributed by atoms with Gasteiger partial charge in [0.15, 0.2) is 5.13 Å². The first-order chi connectivity index (χ1) is 13.8. The Labute approximate surface area is 167 Å². The molecule has 1 aliphatic rings. The zero-order valence-electron chi connectivity index (χ0n) is 15.4. The van der Waals surface area contributed by atoms with E-state index in [9.17, 15) is 4.79 Å². The molecule has 1 fully saturated rings. The molecule has 0 bridgehead atoms. The van der Waals surface area contributed by atoms with Gasteiger partial charge in [-0.2, -0.15) is 0 Å². The Balaban J connectivity index is 1.26. The van der Waals surface area contributed by atoms with Gasteiger partial charge in [-0.3, -0.25) is 9.69 Å². The van der Waals surface area contributed by atoms with Crippen LogP contribution in [0.1, 0.15) is 28.9 Å². The summed E-state index contributed by atoms with van der Waals surface area (Å²) in [5, 5.41) is 8.61. The number of hydrogen-bond donors (Lipinski definition) is 2. The molecular weight excluding hydrogens is 372 g/mol. The van der Waals surface area contributed by atoms with E-state index in [1.165, 1.54) is 23.2 Å². The molecule has 2 N–H and O–H groups in total.